The fourth-order valence-electron chi connectivity index (χ4n) is 3.25. The first kappa shape index (κ1) is 13.1. The zero-order valence-corrected chi connectivity index (χ0v) is 11.6. The molecule has 0 aliphatic heterocycles. The second kappa shape index (κ2) is 6.06. The van der Waals surface area contributed by atoms with Crippen LogP contribution in [0.15, 0.2) is 12.5 Å². The summed E-state index contributed by atoms with van der Waals surface area (Å²) in [6.45, 7) is 2.37. The van der Waals surface area contributed by atoms with Crippen LogP contribution in [0.1, 0.15) is 50.3 Å². The van der Waals surface area contributed by atoms with Crippen molar-refractivity contribution in [2.45, 2.75) is 51.2 Å². The Kier molecular flexibility index (Phi) is 4.18. The maximum absolute atomic E-state index is 5.95. The molecule has 0 saturated heterocycles. The summed E-state index contributed by atoms with van der Waals surface area (Å²) in [5.41, 5.74) is 7.09. The van der Waals surface area contributed by atoms with Gasteiger partial charge in [-0.15, -0.1) is 0 Å². The van der Waals surface area contributed by atoms with Gasteiger partial charge in [-0.2, -0.15) is 0 Å². The number of hydrogen-bond donors (Lipinski definition) is 1. The Morgan fingerprint density at radius 1 is 1.21 bits per heavy atom. The highest BCUT2D eigenvalue weighted by molar-refractivity contribution is 5.02. The van der Waals surface area contributed by atoms with Crippen molar-refractivity contribution in [3.8, 4) is 0 Å². The average molecular weight is 263 g/mol. The van der Waals surface area contributed by atoms with E-state index in [0.29, 0.717) is 24.5 Å². The first-order chi connectivity index (χ1) is 9.38. The van der Waals surface area contributed by atoms with Crippen LogP contribution in [0.2, 0.25) is 0 Å². The van der Waals surface area contributed by atoms with Crippen LogP contribution in [0.25, 0.3) is 0 Å². The van der Waals surface area contributed by atoms with Gasteiger partial charge in [0.2, 0.25) is 0 Å². The van der Waals surface area contributed by atoms with Gasteiger partial charge in [-0.25, -0.2) is 4.98 Å². The molecule has 0 bridgehead atoms. The molecule has 3 rings (SSSR count). The Hall–Kier alpha value is -0.870. The van der Waals surface area contributed by atoms with Gasteiger partial charge in [0.15, 0.2) is 0 Å². The Bertz CT molecular complexity index is 400. The molecule has 1 aromatic rings. The monoisotopic (exact) mass is 263 g/mol. The van der Waals surface area contributed by atoms with Crippen molar-refractivity contribution >= 4 is 0 Å². The molecule has 2 saturated carbocycles. The molecule has 1 heterocycles. The van der Waals surface area contributed by atoms with Crippen molar-refractivity contribution in [1.29, 1.82) is 0 Å². The van der Waals surface area contributed by atoms with Gasteiger partial charge in [-0.3, -0.25) is 0 Å². The van der Waals surface area contributed by atoms with E-state index in [1.807, 2.05) is 12.5 Å². The van der Waals surface area contributed by atoms with E-state index in [2.05, 4.69) is 9.55 Å². The number of hydrogen-bond acceptors (Lipinski definition) is 3. The predicted molar refractivity (Wildman–Crippen MR) is 74.7 cm³/mol. The summed E-state index contributed by atoms with van der Waals surface area (Å²) in [4.78, 5) is 4.24. The zero-order valence-electron chi connectivity index (χ0n) is 11.6. The van der Waals surface area contributed by atoms with Crippen molar-refractivity contribution in [2.24, 2.45) is 17.6 Å². The van der Waals surface area contributed by atoms with Gasteiger partial charge in [0, 0.05) is 6.04 Å². The first-order valence-electron chi connectivity index (χ1n) is 7.67. The van der Waals surface area contributed by atoms with E-state index in [9.17, 15) is 0 Å². The van der Waals surface area contributed by atoms with E-state index in [1.54, 1.807) is 0 Å². The highest BCUT2D eigenvalue weighted by atomic mass is 16.5. The van der Waals surface area contributed by atoms with E-state index < -0.39 is 0 Å². The highest BCUT2D eigenvalue weighted by Crippen LogP contribution is 2.36. The average Bonchev–Trinajstić information content (AvgIpc) is 3.19. The summed E-state index contributed by atoms with van der Waals surface area (Å²) in [7, 11) is 0. The molecule has 2 aliphatic carbocycles. The number of nitrogens with two attached hydrogens (primary N) is 1. The number of rotatable bonds is 6. The SMILES string of the molecule is NCC1CCCCC1COCc1cncn1C1CC1. The van der Waals surface area contributed by atoms with Crippen LogP contribution in [-0.4, -0.2) is 22.7 Å². The number of ether oxygens (including phenoxy) is 1. The fraction of sp³-hybridized carbons (Fsp3) is 0.800. The van der Waals surface area contributed by atoms with Crippen LogP contribution >= 0.6 is 0 Å². The van der Waals surface area contributed by atoms with Gasteiger partial charge in [-0.1, -0.05) is 12.8 Å². The van der Waals surface area contributed by atoms with Crippen molar-refractivity contribution in [1.82, 2.24) is 9.55 Å². The molecule has 106 valence electrons. The van der Waals surface area contributed by atoms with E-state index in [-0.39, 0.29) is 0 Å². The first-order valence-corrected chi connectivity index (χ1v) is 7.67. The van der Waals surface area contributed by atoms with Crippen molar-refractivity contribution in [3.63, 3.8) is 0 Å². The van der Waals surface area contributed by atoms with Gasteiger partial charge >= 0.3 is 0 Å². The normalized spacial score (nSPS) is 27.6. The molecule has 0 radical (unpaired) electrons. The molecular weight excluding hydrogens is 238 g/mol. The molecule has 4 heteroatoms. The number of aromatic nitrogens is 2. The molecule has 2 atom stereocenters. The summed E-state index contributed by atoms with van der Waals surface area (Å²) in [6.07, 6.45) is 11.7. The van der Waals surface area contributed by atoms with E-state index >= 15 is 0 Å². The minimum absolute atomic E-state index is 0.663. The molecule has 19 heavy (non-hydrogen) atoms. The largest absolute Gasteiger partial charge is 0.375 e. The summed E-state index contributed by atoms with van der Waals surface area (Å²) >= 11 is 0. The second-order valence-corrected chi connectivity index (χ2v) is 6.08. The molecule has 1 aromatic heterocycles. The van der Waals surface area contributed by atoms with Crippen LogP contribution in [0.3, 0.4) is 0 Å². The minimum Gasteiger partial charge on any atom is -0.375 e. The van der Waals surface area contributed by atoms with Gasteiger partial charge in [-0.05, 0) is 44.1 Å². The van der Waals surface area contributed by atoms with Crippen LogP contribution in [0, 0.1) is 11.8 Å². The maximum atomic E-state index is 5.95. The Labute approximate surface area is 115 Å². The number of imidazole rings is 1. The third-order valence-electron chi connectivity index (χ3n) is 4.64. The molecule has 2 fully saturated rings. The highest BCUT2D eigenvalue weighted by Gasteiger charge is 2.26. The predicted octanol–water partition coefficient (Wildman–Crippen LogP) is 2.50. The Balaban J connectivity index is 1.48. The molecule has 2 unspecified atom stereocenters. The summed E-state index contributed by atoms with van der Waals surface area (Å²) < 4.78 is 8.23. The van der Waals surface area contributed by atoms with Crippen LogP contribution in [-0.2, 0) is 11.3 Å². The lowest BCUT2D eigenvalue weighted by atomic mass is 9.80. The van der Waals surface area contributed by atoms with E-state index in [1.165, 1.54) is 44.2 Å². The van der Waals surface area contributed by atoms with Gasteiger partial charge in [0.05, 0.1) is 31.4 Å². The van der Waals surface area contributed by atoms with Gasteiger partial charge in [0.1, 0.15) is 0 Å². The fourth-order valence-corrected chi connectivity index (χ4v) is 3.25. The molecular formula is C15H25N3O. The third-order valence-corrected chi connectivity index (χ3v) is 4.64. The standard InChI is InChI=1S/C15H25N3O/c16-7-12-3-1-2-4-13(12)9-19-10-15-8-17-11-18(15)14-5-6-14/h8,11-14H,1-7,9-10,16H2. The molecule has 0 spiro atoms. The molecule has 2 aliphatic rings. The lowest BCUT2D eigenvalue weighted by molar-refractivity contribution is 0.0483. The quantitative estimate of drug-likeness (QED) is 0.858. The van der Waals surface area contributed by atoms with Crippen molar-refractivity contribution in [3.05, 3.63) is 18.2 Å². The lowest BCUT2D eigenvalue weighted by Gasteiger charge is -2.30. The second-order valence-electron chi connectivity index (χ2n) is 6.08. The molecule has 0 amide bonds. The van der Waals surface area contributed by atoms with Crippen LogP contribution < -0.4 is 5.73 Å². The summed E-state index contributed by atoms with van der Waals surface area (Å²) in [5.74, 6) is 1.33. The van der Waals surface area contributed by atoms with Gasteiger partial charge in [0.25, 0.3) is 0 Å². The summed E-state index contributed by atoms with van der Waals surface area (Å²) in [6, 6.07) is 0.688. The van der Waals surface area contributed by atoms with Crippen molar-refractivity contribution < 1.29 is 4.74 Å². The maximum Gasteiger partial charge on any atom is 0.0951 e. The molecule has 0 aromatic carbocycles. The smallest absolute Gasteiger partial charge is 0.0951 e. The number of nitrogens with zero attached hydrogens (tertiary/aromatic N) is 2. The van der Waals surface area contributed by atoms with Gasteiger partial charge < -0.3 is 15.0 Å². The van der Waals surface area contributed by atoms with E-state index in [4.69, 9.17) is 10.5 Å². The Morgan fingerprint density at radius 2 is 2.00 bits per heavy atom. The molecule has 2 N–H and O–H groups in total. The molecule has 4 nitrogen and oxygen atoms in total. The van der Waals surface area contributed by atoms with Crippen molar-refractivity contribution in [2.75, 3.05) is 13.2 Å². The lowest BCUT2D eigenvalue weighted by Crippen LogP contribution is -2.29. The van der Waals surface area contributed by atoms with Crippen LogP contribution in [0.5, 0.6) is 0 Å². The Morgan fingerprint density at radius 3 is 2.74 bits per heavy atom. The topological polar surface area (TPSA) is 53.1 Å². The zero-order chi connectivity index (χ0) is 13.1. The third kappa shape index (κ3) is 3.18. The summed E-state index contributed by atoms with van der Waals surface area (Å²) in [5, 5.41) is 0. The van der Waals surface area contributed by atoms with Crippen LogP contribution in [0.4, 0.5) is 0 Å². The van der Waals surface area contributed by atoms with E-state index in [0.717, 1.165) is 13.2 Å². The minimum atomic E-state index is 0.663.